The molecule has 21 heavy (non-hydrogen) atoms. The fourth-order valence-electron chi connectivity index (χ4n) is 2.70. The van der Waals surface area contributed by atoms with Crippen LogP contribution in [0.5, 0.6) is 0 Å². The summed E-state index contributed by atoms with van der Waals surface area (Å²) in [5.41, 5.74) is 0.845. The van der Waals surface area contributed by atoms with Crippen molar-refractivity contribution in [3.05, 3.63) is 30.4 Å². The number of nitrogens with zero attached hydrogens (tertiary/aromatic N) is 4. The summed E-state index contributed by atoms with van der Waals surface area (Å²) in [6.45, 7) is 4.94. The molecule has 0 radical (unpaired) electrons. The summed E-state index contributed by atoms with van der Waals surface area (Å²) < 4.78 is 7.49. The molecule has 3 heterocycles. The SMILES string of the molecule is CC1(C)CN(C(=O)c2cnn3ccncc23)CC(CCl)O1. The molecule has 112 valence electrons. The second-order valence-corrected chi connectivity index (χ2v) is 6.11. The monoisotopic (exact) mass is 308 g/mol. The highest BCUT2D eigenvalue weighted by Gasteiger charge is 2.36. The predicted octanol–water partition coefficient (Wildman–Crippen LogP) is 1.59. The molecule has 3 rings (SSSR count). The molecule has 1 aliphatic rings. The molecule has 7 heteroatoms. The van der Waals surface area contributed by atoms with Gasteiger partial charge in [0, 0.05) is 25.5 Å². The van der Waals surface area contributed by atoms with E-state index >= 15 is 0 Å². The highest BCUT2D eigenvalue weighted by molar-refractivity contribution is 6.18. The van der Waals surface area contributed by atoms with E-state index in [0.717, 1.165) is 0 Å². The smallest absolute Gasteiger partial charge is 0.257 e. The molecule has 0 aliphatic carbocycles. The van der Waals surface area contributed by atoms with Gasteiger partial charge < -0.3 is 9.64 Å². The van der Waals surface area contributed by atoms with E-state index in [1.807, 2.05) is 13.8 Å². The molecule has 1 amide bonds. The lowest BCUT2D eigenvalue weighted by Crippen LogP contribution is -2.55. The van der Waals surface area contributed by atoms with E-state index in [0.29, 0.717) is 30.0 Å². The topological polar surface area (TPSA) is 59.7 Å². The number of hydrogen-bond donors (Lipinski definition) is 0. The third-order valence-corrected chi connectivity index (χ3v) is 3.84. The molecule has 0 bridgehead atoms. The van der Waals surface area contributed by atoms with Gasteiger partial charge in [0.2, 0.25) is 0 Å². The highest BCUT2D eigenvalue weighted by Crippen LogP contribution is 2.24. The lowest BCUT2D eigenvalue weighted by molar-refractivity contribution is -0.117. The number of rotatable bonds is 2. The van der Waals surface area contributed by atoms with E-state index in [1.165, 1.54) is 0 Å². The van der Waals surface area contributed by atoms with Crippen molar-refractivity contribution < 1.29 is 9.53 Å². The number of aromatic nitrogens is 3. The number of amides is 1. The van der Waals surface area contributed by atoms with Crippen LogP contribution in [0.15, 0.2) is 24.8 Å². The average Bonchev–Trinajstić information content (AvgIpc) is 2.88. The van der Waals surface area contributed by atoms with Crippen LogP contribution in [0.1, 0.15) is 24.2 Å². The second-order valence-electron chi connectivity index (χ2n) is 5.80. The number of ether oxygens (including phenoxy) is 1. The maximum atomic E-state index is 12.8. The minimum atomic E-state index is -0.408. The van der Waals surface area contributed by atoms with E-state index in [4.69, 9.17) is 16.3 Å². The van der Waals surface area contributed by atoms with Crippen LogP contribution in [0.2, 0.25) is 0 Å². The summed E-state index contributed by atoms with van der Waals surface area (Å²) in [6, 6.07) is 0. The number of alkyl halides is 1. The normalized spacial score (nSPS) is 21.7. The van der Waals surface area contributed by atoms with Crippen molar-refractivity contribution in [2.45, 2.75) is 25.6 Å². The molecular weight excluding hydrogens is 292 g/mol. The first kappa shape index (κ1) is 14.3. The summed E-state index contributed by atoms with van der Waals surface area (Å²) in [6.07, 6.45) is 6.42. The molecular formula is C14H17ClN4O2. The summed E-state index contributed by atoms with van der Waals surface area (Å²) in [5.74, 6) is 0.299. The number of fused-ring (bicyclic) bond motifs is 1. The maximum Gasteiger partial charge on any atom is 0.257 e. The van der Waals surface area contributed by atoms with Crippen LogP contribution in [-0.2, 0) is 4.74 Å². The van der Waals surface area contributed by atoms with Crippen LogP contribution in [0, 0.1) is 0 Å². The molecule has 1 saturated heterocycles. The number of hydrogen-bond acceptors (Lipinski definition) is 4. The van der Waals surface area contributed by atoms with Crippen molar-refractivity contribution in [3.63, 3.8) is 0 Å². The fourth-order valence-corrected chi connectivity index (χ4v) is 2.86. The zero-order valence-electron chi connectivity index (χ0n) is 12.0. The summed E-state index contributed by atoms with van der Waals surface area (Å²) in [7, 11) is 0. The van der Waals surface area contributed by atoms with Gasteiger partial charge in [-0.25, -0.2) is 4.52 Å². The lowest BCUT2D eigenvalue weighted by Gasteiger charge is -2.42. The van der Waals surface area contributed by atoms with Crippen LogP contribution in [-0.4, -0.2) is 56.1 Å². The summed E-state index contributed by atoms with van der Waals surface area (Å²) in [5, 5.41) is 4.18. The average molecular weight is 309 g/mol. The number of morpholine rings is 1. The van der Waals surface area contributed by atoms with Crippen molar-refractivity contribution in [3.8, 4) is 0 Å². The first-order valence-electron chi connectivity index (χ1n) is 6.80. The second kappa shape index (κ2) is 5.27. The zero-order chi connectivity index (χ0) is 15.0. The Labute approximate surface area is 127 Å². The summed E-state index contributed by atoms with van der Waals surface area (Å²) >= 11 is 5.91. The van der Waals surface area contributed by atoms with Gasteiger partial charge in [0.05, 0.1) is 41.1 Å². The first-order chi connectivity index (χ1) is 10.00. The van der Waals surface area contributed by atoms with Gasteiger partial charge in [-0.3, -0.25) is 9.78 Å². The number of halogens is 1. The van der Waals surface area contributed by atoms with E-state index < -0.39 is 5.60 Å². The Morgan fingerprint density at radius 1 is 1.52 bits per heavy atom. The van der Waals surface area contributed by atoms with Gasteiger partial charge in [-0.2, -0.15) is 5.10 Å². The Morgan fingerprint density at radius 2 is 2.33 bits per heavy atom. The molecule has 6 nitrogen and oxygen atoms in total. The lowest BCUT2D eigenvalue weighted by atomic mass is 10.0. The Morgan fingerprint density at radius 3 is 3.10 bits per heavy atom. The third kappa shape index (κ3) is 2.73. The molecule has 0 saturated carbocycles. The zero-order valence-corrected chi connectivity index (χ0v) is 12.7. The molecule has 1 aliphatic heterocycles. The molecule has 1 atom stereocenters. The highest BCUT2D eigenvalue weighted by atomic mass is 35.5. The van der Waals surface area contributed by atoms with Gasteiger partial charge in [-0.15, -0.1) is 11.6 Å². The Bertz CT molecular complexity index is 670. The predicted molar refractivity (Wildman–Crippen MR) is 78.6 cm³/mol. The molecule has 2 aromatic heterocycles. The van der Waals surface area contributed by atoms with Crippen LogP contribution in [0.4, 0.5) is 0 Å². The minimum Gasteiger partial charge on any atom is -0.367 e. The molecule has 1 fully saturated rings. The number of carbonyl (C=O) groups excluding carboxylic acids is 1. The fraction of sp³-hybridized carbons (Fsp3) is 0.500. The molecule has 2 aromatic rings. The van der Waals surface area contributed by atoms with Gasteiger partial charge in [-0.05, 0) is 13.8 Å². The van der Waals surface area contributed by atoms with Gasteiger partial charge in [0.1, 0.15) is 0 Å². The van der Waals surface area contributed by atoms with Crippen LogP contribution < -0.4 is 0 Å². The van der Waals surface area contributed by atoms with E-state index in [2.05, 4.69) is 10.1 Å². The van der Waals surface area contributed by atoms with E-state index in [9.17, 15) is 4.79 Å². The first-order valence-corrected chi connectivity index (χ1v) is 7.34. The quantitative estimate of drug-likeness (QED) is 0.791. The number of carbonyl (C=O) groups is 1. The van der Waals surface area contributed by atoms with Gasteiger partial charge in [-0.1, -0.05) is 0 Å². The van der Waals surface area contributed by atoms with Crippen LogP contribution >= 0.6 is 11.6 Å². The van der Waals surface area contributed by atoms with Crippen molar-refractivity contribution in [2.75, 3.05) is 19.0 Å². The van der Waals surface area contributed by atoms with Crippen molar-refractivity contribution >= 4 is 23.0 Å². The molecule has 0 aromatic carbocycles. The van der Waals surface area contributed by atoms with Gasteiger partial charge >= 0.3 is 0 Å². The van der Waals surface area contributed by atoms with Crippen LogP contribution in [0.25, 0.3) is 5.52 Å². The van der Waals surface area contributed by atoms with Crippen molar-refractivity contribution in [1.82, 2.24) is 19.5 Å². The van der Waals surface area contributed by atoms with Gasteiger partial charge in [0.15, 0.2) is 0 Å². The van der Waals surface area contributed by atoms with Crippen molar-refractivity contribution in [1.29, 1.82) is 0 Å². The maximum absolute atomic E-state index is 12.8. The van der Waals surface area contributed by atoms with Crippen molar-refractivity contribution in [2.24, 2.45) is 0 Å². The third-order valence-electron chi connectivity index (χ3n) is 3.50. The Balaban J connectivity index is 1.90. The molecule has 0 spiro atoms. The Kier molecular flexibility index (Phi) is 3.59. The molecule has 0 N–H and O–H groups in total. The van der Waals surface area contributed by atoms with E-state index in [1.54, 1.807) is 34.2 Å². The Hall–Kier alpha value is -1.66. The van der Waals surface area contributed by atoms with Crippen LogP contribution in [0.3, 0.4) is 0 Å². The molecule has 1 unspecified atom stereocenters. The minimum absolute atomic E-state index is 0.0653. The largest absolute Gasteiger partial charge is 0.367 e. The van der Waals surface area contributed by atoms with E-state index in [-0.39, 0.29) is 12.0 Å². The standard InChI is InChI=1S/C14H17ClN4O2/c1-14(2)9-18(8-10(5-15)21-14)13(20)11-6-17-19-4-3-16-7-12(11)19/h3-4,6-7,10H,5,8-9H2,1-2H3. The summed E-state index contributed by atoms with van der Waals surface area (Å²) in [4.78, 5) is 18.6. The van der Waals surface area contributed by atoms with Gasteiger partial charge in [0.25, 0.3) is 5.91 Å².